The Bertz CT molecular complexity index is 556. The number of aromatic nitrogens is 3. The third kappa shape index (κ3) is 3.61. The number of likely N-dealkylation sites (tertiary alicyclic amines) is 1. The van der Waals surface area contributed by atoms with Crippen molar-refractivity contribution < 1.29 is 0 Å². The average Bonchev–Trinajstić information content (AvgIpc) is 3.08. The molecule has 2 unspecified atom stereocenters. The van der Waals surface area contributed by atoms with Crippen molar-refractivity contribution in [3.8, 4) is 5.69 Å². The van der Waals surface area contributed by atoms with Crippen LogP contribution in [-0.4, -0.2) is 39.0 Å². The molecule has 1 aliphatic rings. The first-order valence-electron chi connectivity index (χ1n) is 7.17. The van der Waals surface area contributed by atoms with Crippen LogP contribution in [0.1, 0.15) is 19.0 Å². The molecule has 3 rings (SSSR count). The number of nitrogens with two attached hydrogens (primary N) is 1. The van der Waals surface area contributed by atoms with E-state index >= 15 is 0 Å². The molecule has 2 aromatic rings. The zero-order valence-electron chi connectivity index (χ0n) is 12.2. The molecular weight excluding hydrogens is 286 g/mol. The van der Waals surface area contributed by atoms with Crippen molar-refractivity contribution in [2.24, 2.45) is 11.7 Å². The van der Waals surface area contributed by atoms with Crippen LogP contribution in [-0.2, 0) is 6.54 Å². The van der Waals surface area contributed by atoms with Crippen molar-refractivity contribution >= 4 is 12.4 Å². The van der Waals surface area contributed by atoms with Crippen molar-refractivity contribution in [2.45, 2.75) is 25.9 Å². The van der Waals surface area contributed by atoms with Gasteiger partial charge in [-0.05, 0) is 37.9 Å². The second-order valence-electron chi connectivity index (χ2n) is 5.58. The second-order valence-corrected chi connectivity index (χ2v) is 5.58. The first kappa shape index (κ1) is 15.9. The van der Waals surface area contributed by atoms with E-state index in [1.807, 2.05) is 36.5 Å². The minimum Gasteiger partial charge on any atom is -0.330 e. The van der Waals surface area contributed by atoms with Gasteiger partial charge in [0.25, 0.3) is 0 Å². The Morgan fingerprint density at radius 2 is 2.05 bits per heavy atom. The number of rotatable bonds is 4. The summed E-state index contributed by atoms with van der Waals surface area (Å²) in [5, 5.41) is 8.91. The summed E-state index contributed by atoms with van der Waals surface area (Å²) in [6.07, 6.45) is 3.04. The van der Waals surface area contributed by atoms with Crippen molar-refractivity contribution in [2.75, 3.05) is 13.1 Å². The molecule has 1 aromatic carbocycles. The van der Waals surface area contributed by atoms with Gasteiger partial charge in [0.1, 0.15) is 0 Å². The molecule has 1 saturated heterocycles. The molecule has 0 amide bonds. The monoisotopic (exact) mass is 307 g/mol. The highest BCUT2D eigenvalue weighted by Crippen LogP contribution is 2.23. The van der Waals surface area contributed by atoms with E-state index in [9.17, 15) is 0 Å². The van der Waals surface area contributed by atoms with Crippen LogP contribution in [0.5, 0.6) is 0 Å². The molecule has 0 radical (unpaired) electrons. The summed E-state index contributed by atoms with van der Waals surface area (Å²) >= 11 is 0. The third-order valence-electron chi connectivity index (χ3n) is 4.02. The van der Waals surface area contributed by atoms with E-state index < -0.39 is 0 Å². The topological polar surface area (TPSA) is 60.0 Å². The summed E-state index contributed by atoms with van der Waals surface area (Å²) in [5.41, 5.74) is 7.78. The van der Waals surface area contributed by atoms with E-state index in [2.05, 4.69) is 22.0 Å². The van der Waals surface area contributed by atoms with Gasteiger partial charge in [0, 0.05) is 19.1 Å². The SMILES string of the molecule is CC1CC(CN)CN1Cc1cnn(-c2ccccc2)n1.Cl. The van der Waals surface area contributed by atoms with Crippen molar-refractivity contribution in [1.82, 2.24) is 19.9 Å². The molecule has 1 aliphatic heterocycles. The standard InChI is InChI=1S/C15H21N5.ClH/c1-12-7-13(8-16)10-19(12)11-14-9-17-20(18-14)15-5-3-2-4-6-15;/h2-6,9,12-13H,7-8,10-11,16H2,1H3;1H. The largest absolute Gasteiger partial charge is 0.330 e. The van der Waals surface area contributed by atoms with E-state index in [0.29, 0.717) is 12.0 Å². The molecule has 0 aliphatic carbocycles. The summed E-state index contributed by atoms with van der Waals surface area (Å²) in [7, 11) is 0. The first-order valence-corrected chi connectivity index (χ1v) is 7.17. The third-order valence-corrected chi connectivity index (χ3v) is 4.02. The van der Waals surface area contributed by atoms with Gasteiger partial charge in [-0.3, -0.25) is 4.90 Å². The number of benzene rings is 1. The van der Waals surface area contributed by atoms with Gasteiger partial charge in [-0.2, -0.15) is 15.0 Å². The quantitative estimate of drug-likeness (QED) is 0.936. The fraction of sp³-hybridized carbons (Fsp3) is 0.467. The Morgan fingerprint density at radius 1 is 1.29 bits per heavy atom. The second kappa shape index (κ2) is 7.02. The van der Waals surface area contributed by atoms with Crippen LogP contribution in [0.15, 0.2) is 36.5 Å². The zero-order chi connectivity index (χ0) is 13.9. The minimum absolute atomic E-state index is 0. The summed E-state index contributed by atoms with van der Waals surface area (Å²) in [6.45, 7) is 4.95. The number of hydrogen-bond acceptors (Lipinski definition) is 4. The summed E-state index contributed by atoms with van der Waals surface area (Å²) in [5.74, 6) is 0.620. The maximum Gasteiger partial charge on any atom is 0.0971 e. The van der Waals surface area contributed by atoms with Crippen LogP contribution >= 0.6 is 12.4 Å². The Hall–Kier alpha value is -1.43. The molecule has 1 fully saturated rings. The van der Waals surface area contributed by atoms with E-state index in [4.69, 9.17) is 5.73 Å². The predicted octanol–water partition coefficient (Wildman–Crippen LogP) is 1.86. The van der Waals surface area contributed by atoms with Crippen molar-refractivity contribution in [1.29, 1.82) is 0 Å². The van der Waals surface area contributed by atoms with Crippen LogP contribution in [0.2, 0.25) is 0 Å². The lowest BCUT2D eigenvalue weighted by atomic mass is 10.1. The van der Waals surface area contributed by atoms with Crippen LogP contribution in [0.25, 0.3) is 5.69 Å². The normalized spacial score (nSPS) is 22.2. The molecule has 1 aromatic heterocycles. The highest BCUT2D eigenvalue weighted by molar-refractivity contribution is 5.85. The summed E-state index contributed by atoms with van der Waals surface area (Å²) in [6, 6.07) is 10.6. The van der Waals surface area contributed by atoms with Crippen LogP contribution in [0.4, 0.5) is 0 Å². The molecule has 0 bridgehead atoms. The first-order chi connectivity index (χ1) is 9.76. The smallest absolute Gasteiger partial charge is 0.0971 e. The molecule has 2 N–H and O–H groups in total. The van der Waals surface area contributed by atoms with Gasteiger partial charge < -0.3 is 5.73 Å². The average molecular weight is 308 g/mol. The Kier molecular flexibility index (Phi) is 5.33. The van der Waals surface area contributed by atoms with Gasteiger partial charge in [0.15, 0.2) is 0 Å². The van der Waals surface area contributed by atoms with E-state index in [-0.39, 0.29) is 12.4 Å². The Labute approximate surface area is 131 Å². The summed E-state index contributed by atoms with van der Waals surface area (Å²) in [4.78, 5) is 4.13. The van der Waals surface area contributed by atoms with Gasteiger partial charge in [-0.15, -0.1) is 12.4 Å². The van der Waals surface area contributed by atoms with Gasteiger partial charge in [-0.1, -0.05) is 18.2 Å². The Balaban J connectivity index is 0.00000161. The van der Waals surface area contributed by atoms with Crippen LogP contribution in [0, 0.1) is 5.92 Å². The molecule has 6 heteroatoms. The Morgan fingerprint density at radius 3 is 2.71 bits per heavy atom. The van der Waals surface area contributed by atoms with Gasteiger partial charge >= 0.3 is 0 Å². The van der Waals surface area contributed by atoms with E-state index in [1.165, 1.54) is 6.42 Å². The van der Waals surface area contributed by atoms with E-state index in [0.717, 1.165) is 31.0 Å². The fourth-order valence-electron chi connectivity index (χ4n) is 2.87. The molecule has 114 valence electrons. The zero-order valence-corrected chi connectivity index (χ0v) is 13.0. The van der Waals surface area contributed by atoms with Crippen LogP contribution in [0.3, 0.4) is 0 Å². The van der Waals surface area contributed by atoms with Crippen molar-refractivity contribution in [3.63, 3.8) is 0 Å². The summed E-state index contributed by atoms with van der Waals surface area (Å²) < 4.78 is 0. The molecule has 21 heavy (non-hydrogen) atoms. The van der Waals surface area contributed by atoms with E-state index in [1.54, 1.807) is 4.80 Å². The minimum atomic E-state index is 0. The molecule has 0 saturated carbocycles. The molecule has 0 spiro atoms. The molecule has 2 atom stereocenters. The van der Waals surface area contributed by atoms with Gasteiger partial charge in [0.05, 0.1) is 17.6 Å². The highest BCUT2D eigenvalue weighted by Gasteiger charge is 2.28. The highest BCUT2D eigenvalue weighted by atomic mass is 35.5. The number of hydrogen-bond donors (Lipinski definition) is 1. The predicted molar refractivity (Wildman–Crippen MR) is 85.6 cm³/mol. The number of halogens is 1. The van der Waals surface area contributed by atoms with Crippen molar-refractivity contribution in [3.05, 3.63) is 42.2 Å². The number of para-hydroxylation sites is 1. The lowest BCUT2D eigenvalue weighted by molar-refractivity contribution is 0.252. The molecular formula is C15H22ClN5. The molecule has 2 heterocycles. The van der Waals surface area contributed by atoms with Crippen LogP contribution < -0.4 is 5.73 Å². The number of nitrogens with zero attached hydrogens (tertiary/aromatic N) is 4. The molecule has 5 nitrogen and oxygen atoms in total. The lowest BCUT2D eigenvalue weighted by Gasteiger charge is -2.19. The van der Waals surface area contributed by atoms with Gasteiger partial charge in [0.2, 0.25) is 0 Å². The maximum atomic E-state index is 5.77. The van der Waals surface area contributed by atoms with Gasteiger partial charge in [-0.25, -0.2) is 0 Å². The lowest BCUT2D eigenvalue weighted by Crippen LogP contribution is -2.27. The fourth-order valence-corrected chi connectivity index (χ4v) is 2.87. The maximum absolute atomic E-state index is 5.77.